The Morgan fingerprint density at radius 2 is 1.81 bits per heavy atom. The lowest BCUT2D eigenvalue weighted by molar-refractivity contribution is -0.153. The molecule has 2 bridgehead atoms. The highest BCUT2D eigenvalue weighted by atomic mass is 19.4. The Hall–Kier alpha value is -2.48. The van der Waals surface area contributed by atoms with Crippen LogP contribution in [0, 0.1) is 5.92 Å². The van der Waals surface area contributed by atoms with Crippen LogP contribution in [0.5, 0.6) is 11.7 Å². The van der Waals surface area contributed by atoms with Gasteiger partial charge in [0.25, 0.3) is 11.9 Å². The number of nitrogens with one attached hydrogen (secondary N) is 1. The van der Waals surface area contributed by atoms with Crippen LogP contribution in [0.15, 0.2) is 40.8 Å². The third kappa shape index (κ3) is 3.95. The molecule has 2 aromatic rings. The summed E-state index contributed by atoms with van der Waals surface area (Å²) in [6.45, 7) is 3.09. The number of amides is 1. The second kappa shape index (κ2) is 6.92. The van der Waals surface area contributed by atoms with Crippen molar-refractivity contribution in [3.05, 3.63) is 47.7 Å². The molecule has 0 aliphatic carbocycles. The van der Waals surface area contributed by atoms with Gasteiger partial charge in [-0.25, -0.2) is 0 Å². The monoisotopic (exact) mass is 380 g/mol. The molecule has 1 aromatic carbocycles. The molecule has 1 atom stereocenters. The Kier molecular flexibility index (Phi) is 4.59. The molecule has 3 aliphatic rings. The molecule has 0 radical (unpaired) electrons. The van der Waals surface area contributed by atoms with Crippen molar-refractivity contribution in [2.75, 3.05) is 19.6 Å². The van der Waals surface area contributed by atoms with Gasteiger partial charge in [-0.05, 0) is 62.2 Å². The number of furan rings is 1. The summed E-state index contributed by atoms with van der Waals surface area (Å²) in [6, 6.07) is 8.31. The average molecular weight is 380 g/mol. The van der Waals surface area contributed by atoms with Gasteiger partial charge in [0.1, 0.15) is 5.75 Å². The smallest absolute Gasteiger partial charge is 0.426 e. The summed E-state index contributed by atoms with van der Waals surface area (Å²) in [7, 11) is 0. The normalized spacial score (nSPS) is 24.6. The molecule has 3 fully saturated rings. The van der Waals surface area contributed by atoms with Gasteiger partial charge in [0.2, 0.25) is 5.76 Å². The van der Waals surface area contributed by atoms with Crippen LogP contribution in [-0.2, 0) is 6.18 Å². The number of fused-ring (bicyclic) bond motifs is 3. The molecule has 3 aliphatic heterocycles. The number of nitrogens with zero attached hydrogens (tertiary/aromatic N) is 1. The molecule has 8 heteroatoms. The highest BCUT2D eigenvalue weighted by molar-refractivity contribution is 5.94. The third-order valence-corrected chi connectivity index (χ3v) is 5.17. The van der Waals surface area contributed by atoms with Gasteiger partial charge in [0, 0.05) is 24.2 Å². The van der Waals surface area contributed by atoms with Crippen molar-refractivity contribution in [2.45, 2.75) is 25.1 Å². The van der Waals surface area contributed by atoms with Gasteiger partial charge < -0.3 is 19.4 Å². The zero-order valence-corrected chi connectivity index (χ0v) is 14.5. The van der Waals surface area contributed by atoms with Crippen LogP contribution < -0.4 is 10.1 Å². The van der Waals surface area contributed by atoms with E-state index in [0.717, 1.165) is 44.6 Å². The van der Waals surface area contributed by atoms with Gasteiger partial charge in [-0.1, -0.05) is 0 Å². The molecule has 5 nitrogen and oxygen atoms in total. The standard InChI is InChI=1S/C19H19F3N2O3/c20-19(21,22)16-5-6-17(27-16)26-14-3-1-13(2-4-14)18(25)23-15-11-24-9-7-12(15)8-10-24/h1-6,12,15H,7-11H2,(H,23,25)/t15-/m0/s1. The van der Waals surface area contributed by atoms with Gasteiger partial charge in [-0.15, -0.1) is 0 Å². The first kappa shape index (κ1) is 17.9. The largest absolute Gasteiger partial charge is 0.449 e. The molecule has 144 valence electrons. The second-order valence-electron chi connectivity index (χ2n) is 6.96. The summed E-state index contributed by atoms with van der Waals surface area (Å²) >= 11 is 0. The van der Waals surface area contributed by atoms with Crippen molar-refractivity contribution in [1.82, 2.24) is 10.2 Å². The maximum atomic E-state index is 12.5. The lowest BCUT2D eigenvalue weighted by Crippen LogP contribution is -2.57. The zero-order valence-electron chi connectivity index (χ0n) is 14.5. The first-order valence-electron chi connectivity index (χ1n) is 8.87. The van der Waals surface area contributed by atoms with E-state index in [4.69, 9.17) is 4.74 Å². The Bertz CT molecular complexity index is 808. The van der Waals surface area contributed by atoms with Gasteiger partial charge in [0.05, 0.1) is 0 Å². The van der Waals surface area contributed by atoms with Crippen molar-refractivity contribution < 1.29 is 27.1 Å². The van der Waals surface area contributed by atoms with E-state index in [-0.39, 0.29) is 23.6 Å². The van der Waals surface area contributed by atoms with Crippen LogP contribution in [0.25, 0.3) is 0 Å². The molecular weight excluding hydrogens is 361 g/mol. The molecule has 1 aromatic heterocycles. The van der Waals surface area contributed by atoms with E-state index in [1.54, 1.807) is 12.1 Å². The number of alkyl halides is 3. The summed E-state index contributed by atoms with van der Waals surface area (Å²) in [6.07, 6.45) is -2.33. The van der Waals surface area contributed by atoms with Crippen LogP contribution in [0.4, 0.5) is 13.2 Å². The van der Waals surface area contributed by atoms with Crippen LogP contribution in [0.2, 0.25) is 0 Å². The Morgan fingerprint density at radius 3 is 2.37 bits per heavy atom. The van der Waals surface area contributed by atoms with Crippen molar-refractivity contribution >= 4 is 5.91 Å². The van der Waals surface area contributed by atoms with Gasteiger partial charge in [-0.2, -0.15) is 13.2 Å². The summed E-state index contributed by atoms with van der Waals surface area (Å²) in [4.78, 5) is 14.8. The fraction of sp³-hybridized carbons (Fsp3) is 0.421. The highest BCUT2D eigenvalue weighted by Gasteiger charge is 2.36. The number of ether oxygens (including phenoxy) is 1. The molecule has 0 unspecified atom stereocenters. The van der Waals surface area contributed by atoms with E-state index in [0.29, 0.717) is 11.5 Å². The van der Waals surface area contributed by atoms with E-state index in [2.05, 4.69) is 14.6 Å². The lowest BCUT2D eigenvalue weighted by atomic mass is 9.84. The SMILES string of the molecule is O=C(N[C@H]1CN2CCC1CC2)c1ccc(Oc2ccc(C(F)(F)F)o2)cc1. The van der Waals surface area contributed by atoms with Crippen molar-refractivity contribution in [3.63, 3.8) is 0 Å². The maximum Gasteiger partial charge on any atom is 0.449 e. The minimum absolute atomic E-state index is 0.155. The molecule has 0 spiro atoms. The Balaban J connectivity index is 1.37. The number of carbonyl (C=O) groups excluding carboxylic acids is 1. The number of benzene rings is 1. The highest BCUT2D eigenvalue weighted by Crippen LogP contribution is 2.34. The number of rotatable bonds is 4. The van der Waals surface area contributed by atoms with Crippen LogP contribution in [0.1, 0.15) is 29.0 Å². The van der Waals surface area contributed by atoms with Gasteiger partial charge >= 0.3 is 6.18 Å². The van der Waals surface area contributed by atoms with Gasteiger partial charge in [-0.3, -0.25) is 4.79 Å². The first-order valence-corrected chi connectivity index (χ1v) is 8.87. The van der Waals surface area contributed by atoms with E-state index in [1.807, 2.05) is 0 Å². The van der Waals surface area contributed by atoms with Gasteiger partial charge in [0.15, 0.2) is 0 Å². The number of halogens is 3. The van der Waals surface area contributed by atoms with Crippen molar-refractivity contribution in [2.24, 2.45) is 5.92 Å². The molecule has 1 amide bonds. The molecule has 4 heterocycles. The number of hydrogen-bond donors (Lipinski definition) is 1. The third-order valence-electron chi connectivity index (χ3n) is 5.17. The first-order chi connectivity index (χ1) is 12.9. The van der Waals surface area contributed by atoms with Crippen LogP contribution >= 0.6 is 0 Å². The topological polar surface area (TPSA) is 54.7 Å². The van der Waals surface area contributed by atoms with E-state index in [9.17, 15) is 18.0 Å². The van der Waals surface area contributed by atoms with E-state index < -0.39 is 11.9 Å². The second-order valence-corrected chi connectivity index (χ2v) is 6.96. The zero-order chi connectivity index (χ0) is 19.0. The molecule has 5 rings (SSSR count). The lowest BCUT2D eigenvalue weighted by Gasteiger charge is -2.44. The van der Waals surface area contributed by atoms with Crippen molar-refractivity contribution in [1.29, 1.82) is 0 Å². The molecule has 3 saturated heterocycles. The number of carbonyl (C=O) groups is 1. The Morgan fingerprint density at radius 1 is 1.11 bits per heavy atom. The molecule has 1 N–H and O–H groups in total. The minimum Gasteiger partial charge on any atom is -0.426 e. The van der Waals surface area contributed by atoms with Crippen LogP contribution in [0.3, 0.4) is 0 Å². The predicted molar refractivity (Wildman–Crippen MR) is 90.6 cm³/mol. The Labute approximate surface area is 154 Å². The van der Waals surface area contributed by atoms with Crippen LogP contribution in [-0.4, -0.2) is 36.5 Å². The summed E-state index contributed by atoms with van der Waals surface area (Å²) < 4.78 is 47.5. The summed E-state index contributed by atoms with van der Waals surface area (Å²) in [5.41, 5.74) is 0.481. The maximum absolute atomic E-state index is 12.5. The summed E-state index contributed by atoms with van der Waals surface area (Å²) in [5.74, 6) is -0.712. The quantitative estimate of drug-likeness (QED) is 0.874. The molecule has 27 heavy (non-hydrogen) atoms. The summed E-state index contributed by atoms with van der Waals surface area (Å²) in [5, 5.41) is 3.09. The fourth-order valence-electron chi connectivity index (χ4n) is 3.70. The predicted octanol–water partition coefficient (Wildman–Crippen LogP) is 3.91. The number of hydrogen-bond acceptors (Lipinski definition) is 4. The van der Waals surface area contributed by atoms with E-state index >= 15 is 0 Å². The average Bonchev–Trinajstić information content (AvgIpc) is 3.12. The number of piperidine rings is 3. The van der Waals surface area contributed by atoms with E-state index in [1.165, 1.54) is 12.1 Å². The molecular formula is C19H19F3N2O3. The minimum atomic E-state index is -4.56. The van der Waals surface area contributed by atoms with Crippen molar-refractivity contribution in [3.8, 4) is 11.7 Å². The molecule has 0 saturated carbocycles. The fourth-order valence-corrected chi connectivity index (χ4v) is 3.70.